The summed E-state index contributed by atoms with van der Waals surface area (Å²) in [6, 6.07) is 7.26. The molecule has 1 aromatic heterocycles. The molecular weight excluding hydrogens is 308 g/mol. The van der Waals surface area contributed by atoms with Crippen LogP contribution >= 0.6 is 0 Å². The maximum atomic E-state index is 12.1. The van der Waals surface area contributed by atoms with E-state index < -0.39 is 0 Å². The van der Waals surface area contributed by atoms with E-state index >= 15 is 0 Å². The molecule has 1 heterocycles. The maximum absolute atomic E-state index is 12.1. The smallest absolute Gasteiger partial charge is 0.251 e. The summed E-state index contributed by atoms with van der Waals surface area (Å²) in [6.45, 7) is 6.85. The highest BCUT2D eigenvalue weighted by Crippen LogP contribution is 2.12. The van der Waals surface area contributed by atoms with Gasteiger partial charge >= 0.3 is 0 Å². The summed E-state index contributed by atoms with van der Waals surface area (Å²) >= 11 is 0. The Morgan fingerprint density at radius 1 is 1.25 bits per heavy atom. The molecule has 130 valence electrons. The van der Waals surface area contributed by atoms with E-state index in [-0.39, 0.29) is 11.4 Å². The monoisotopic (exact) mass is 332 g/mol. The number of nitrogens with one attached hydrogen (secondary N) is 2. The van der Waals surface area contributed by atoms with E-state index in [1.165, 1.54) is 0 Å². The molecule has 0 fully saturated rings. The molecule has 0 aliphatic rings. The Morgan fingerprint density at radius 2 is 1.96 bits per heavy atom. The van der Waals surface area contributed by atoms with Crippen molar-refractivity contribution in [2.75, 3.05) is 19.0 Å². The van der Waals surface area contributed by atoms with E-state index in [9.17, 15) is 4.79 Å². The molecule has 1 amide bonds. The second kappa shape index (κ2) is 7.92. The zero-order chi connectivity index (χ0) is 17.6. The Bertz CT molecular complexity index is 659. The van der Waals surface area contributed by atoms with Crippen molar-refractivity contribution in [2.24, 2.45) is 0 Å². The summed E-state index contributed by atoms with van der Waals surface area (Å²) in [4.78, 5) is 16.3. The number of rotatable bonds is 7. The Morgan fingerprint density at radius 3 is 2.58 bits per heavy atom. The van der Waals surface area contributed by atoms with Crippen molar-refractivity contribution in [3.05, 3.63) is 41.5 Å². The quantitative estimate of drug-likeness (QED) is 0.809. The molecule has 0 spiro atoms. The van der Waals surface area contributed by atoms with Crippen molar-refractivity contribution in [2.45, 2.75) is 39.3 Å². The summed E-state index contributed by atoms with van der Waals surface area (Å²) in [5.74, 6) is 1.05. The van der Waals surface area contributed by atoms with Gasteiger partial charge in [0.1, 0.15) is 0 Å². The summed E-state index contributed by atoms with van der Waals surface area (Å²) in [6.07, 6.45) is 0.598. The molecule has 0 unspecified atom stereocenters. The van der Waals surface area contributed by atoms with Gasteiger partial charge in [0, 0.05) is 23.9 Å². The highest BCUT2D eigenvalue weighted by molar-refractivity contribution is 5.94. The van der Waals surface area contributed by atoms with Crippen LogP contribution in [0.5, 0.6) is 0 Å². The number of hydrogen-bond donors (Lipinski definition) is 2. The molecule has 7 nitrogen and oxygen atoms in total. The van der Waals surface area contributed by atoms with E-state index in [0.29, 0.717) is 36.9 Å². The molecule has 2 N–H and O–H groups in total. The third kappa shape index (κ3) is 5.66. The number of methoxy groups -OCH3 is 1. The second-order valence-corrected chi connectivity index (χ2v) is 6.48. The number of anilines is 1. The van der Waals surface area contributed by atoms with Gasteiger partial charge in [-0.15, -0.1) is 0 Å². The average molecular weight is 332 g/mol. The van der Waals surface area contributed by atoms with Crippen LogP contribution in [0.25, 0.3) is 0 Å². The molecule has 2 rings (SSSR count). The Balaban J connectivity index is 1.87. The first-order chi connectivity index (χ1) is 11.4. The van der Waals surface area contributed by atoms with Crippen LogP contribution in [-0.4, -0.2) is 35.3 Å². The maximum Gasteiger partial charge on any atom is 0.251 e. The number of nitrogens with zero attached hydrogens (tertiary/aromatic N) is 2. The van der Waals surface area contributed by atoms with Crippen molar-refractivity contribution in [1.29, 1.82) is 0 Å². The molecule has 0 aliphatic carbocycles. The van der Waals surface area contributed by atoms with Crippen LogP contribution < -0.4 is 10.6 Å². The van der Waals surface area contributed by atoms with Gasteiger partial charge < -0.3 is 19.9 Å². The van der Waals surface area contributed by atoms with Crippen molar-refractivity contribution in [1.82, 2.24) is 15.5 Å². The normalized spacial score (nSPS) is 11.3. The van der Waals surface area contributed by atoms with E-state index in [4.69, 9.17) is 9.26 Å². The van der Waals surface area contributed by atoms with Gasteiger partial charge in [-0.25, -0.2) is 0 Å². The summed E-state index contributed by atoms with van der Waals surface area (Å²) in [5.41, 5.74) is 1.25. The van der Waals surface area contributed by atoms with Gasteiger partial charge in [0.2, 0.25) is 5.89 Å². The van der Waals surface area contributed by atoms with E-state index in [1.807, 2.05) is 32.9 Å². The van der Waals surface area contributed by atoms with Gasteiger partial charge in [-0.2, -0.15) is 4.98 Å². The van der Waals surface area contributed by atoms with Crippen molar-refractivity contribution < 1.29 is 14.1 Å². The molecule has 0 saturated heterocycles. The minimum absolute atomic E-state index is 0.0880. The number of carbonyl (C=O) groups excluding carboxylic acids is 1. The SMILES string of the molecule is COCCc1nc(CNc2ccc(C(=O)NC(C)(C)C)cc2)no1. The Labute approximate surface area is 141 Å². The first-order valence-corrected chi connectivity index (χ1v) is 7.84. The first kappa shape index (κ1) is 17.9. The summed E-state index contributed by atoms with van der Waals surface area (Å²) < 4.78 is 10.1. The average Bonchev–Trinajstić information content (AvgIpc) is 2.97. The van der Waals surface area contributed by atoms with Crippen LogP contribution in [0, 0.1) is 0 Å². The van der Waals surface area contributed by atoms with Crippen molar-refractivity contribution >= 4 is 11.6 Å². The van der Waals surface area contributed by atoms with E-state index in [2.05, 4.69) is 20.8 Å². The fraction of sp³-hybridized carbons (Fsp3) is 0.471. The molecule has 1 aromatic carbocycles. The van der Waals surface area contributed by atoms with E-state index in [0.717, 1.165) is 5.69 Å². The van der Waals surface area contributed by atoms with Crippen LogP contribution in [0.3, 0.4) is 0 Å². The Kier molecular flexibility index (Phi) is 5.92. The molecule has 0 atom stereocenters. The largest absolute Gasteiger partial charge is 0.384 e. The number of aromatic nitrogens is 2. The minimum Gasteiger partial charge on any atom is -0.384 e. The molecule has 0 radical (unpaired) electrons. The van der Waals surface area contributed by atoms with Gasteiger partial charge in [0.25, 0.3) is 5.91 Å². The van der Waals surface area contributed by atoms with Crippen LogP contribution in [0.1, 0.15) is 42.8 Å². The number of hydrogen-bond acceptors (Lipinski definition) is 6. The zero-order valence-electron chi connectivity index (χ0n) is 14.5. The topological polar surface area (TPSA) is 89.3 Å². The third-order valence-corrected chi connectivity index (χ3v) is 3.12. The first-order valence-electron chi connectivity index (χ1n) is 7.84. The minimum atomic E-state index is -0.257. The summed E-state index contributed by atoms with van der Waals surface area (Å²) in [7, 11) is 1.63. The number of carbonyl (C=O) groups is 1. The van der Waals surface area contributed by atoms with Gasteiger partial charge in [-0.1, -0.05) is 5.16 Å². The van der Waals surface area contributed by atoms with Crippen LogP contribution in [0.2, 0.25) is 0 Å². The lowest BCUT2D eigenvalue weighted by Crippen LogP contribution is -2.40. The third-order valence-electron chi connectivity index (χ3n) is 3.12. The lowest BCUT2D eigenvalue weighted by Gasteiger charge is -2.20. The number of amides is 1. The molecule has 24 heavy (non-hydrogen) atoms. The van der Waals surface area contributed by atoms with Gasteiger partial charge in [-0.3, -0.25) is 4.79 Å². The van der Waals surface area contributed by atoms with Crippen LogP contribution in [0.4, 0.5) is 5.69 Å². The van der Waals surface area contributed by atoms with Gasteiger partial charge in [0.15, 0.2) is 5.82 Å². The Hall–Kier alpha value is -2.41. The van der Waals surface area contributed by atoms with E-state index in [1.54, 1.807) is 19.2 Å². The van der Waals surface area contributed by atoms with Gasteiger partial charge in [-0.05, 0) is 45.0 Å². The fourth-order valence-electron chi connectivity index (χ4n) is 1.99. The predicted molar refractivity (Wildman–Crippen MR) is 90.9 cm³/mol. The molecule has 0 bridgehead atoms. The number of ether oxygens (including phenoxy) is 1. The zero-order valence-corrected chi connectivity index (χ0v) is 14.5. The lowest BCUT2D eigenvalue weighted by molar-refractivity contribution is 0.0919. The van der Waals surface area contributed by atoms with Gasteiger partial charge in [0.05, 0.1) is 19.6 Å². The summed E-state index contributed by atoms with van der Waals surface area (Å²) in [5, 5.41) is 10.0. The molecule has 0 aliphatic heterocycles. The predicted octanol–water partition coefficient (Wildman–Crippen LogP) is 2.40. The van der Waals surface area contributed by atoms with Crippen LogP contribution in [-0.2, 0) is 17.7 Å². The molecule has 0 saturated carbocycles. The number of benzene rings is 1. The standard InChI is InChI=1S/C17H24N4O3/c1-17(2,3)20-16(22)12-5-7-13(8-6-12)18-11-14-19-15(24-21-14)9-10-23-4/h5-8,18H,9-11H2,1-4H3,(H,20,22). The lowest BCUT2D eigenvalue weighted by atomic mass is 10.1. The molecule has 7 heteroatoms. The van der Waals surface area contributed by atoms with Crippen molar-refractivity contribution in [3.63, 3.8) is 0 Å². The highest BCUT2D eigenvalue weighted by atomic mass is 16.5. The second-order valence-electron chi connectivity index (χ2n) is 6.48. The molecular formula is C17H24N4O3. The molecule has 2 aromatic rings. The highest BCUT2D eigenvalue weighted by Gasteiger charge is 2.15. The van der Waals surface area contributed by atoms with Crippen molar-refractivity contribution in [3.8, 4) is 0 Å². The fourth-order valence-corrected chi connectivity index (χ4v) is 1.99. The van der Waals surface area contributed by atoms with Crippen LogP contribution in [0.15, 0.2) is 28.8 Å².